The van der Waals surface area contributed by atoms with Crippen LogP contribution in [0.4, 0.5) is 11.4 Å². The lowest BCUT2D eigenvalue weighted by molar-refractivity contribution is 0.102. The molecule has 6 heteroatoms. The van der Waals surface area contributed by atoms with E-state index in [0.29, 0.717) is 34.9 Å². The third-order valence-corrected chi connectivity index (χ3v) is 4.14. The molecule has 0 aromatic heterocycles. The standard InChI is InChI=1S/C23H22N2O4/c1-3-29-20-12-10-18(11-13-20)24-22(26)16-6-4-7-17(14-16)23(27)25-19-8-5-9-21(15-19)28-2/h4-15H,3H2,1-2H3,(H,24,26)(H,25,27). The number of nitrogens with one attached hydrogen (secondary N) is 2. The SMILES string of the molecule is CCOc1ccc(NC(=O)c2cccc(C(=O)Nc3cccc(OC)c3)c2)cc1. The topological polar surface area (TPSA) is 76.7 Å². The first kappa shape index (κ1) is 19.9. The van der Waals surface area contributed by atoms with Crippen LogP contribution >= 0.6 is 0 Å². The van der Waals surface area contributed by atoms with Crippen LogP contribution in [0.3, 0.4) is 0 Å². The van der Waals surface area contributed by atoms with Gasteiger partial charge in [-0.3, -0.25) is 9.59 Å². The smallest absolute Gasteiger partial charge is 0.255 e. The van der Waals surface area contributed by atoms with E-state index >= 15 is 0 Å². The molecule has 0 fully saturated rings. The van der Waals surface area contributed by atoms with Crippen LogP contribution in [0.1, 0.15) is 27.6 Å². The van der Waals surface area contributed by atoms with E-state index in [1.165, 1.54) is 0 Å². The molecule has 0 atom stereocenters. The number of hydrogen-bond donors (Lipinski definition) is 2. The van der Waals surface area contributed by atoms with Crippen molar-refractivity contribution in [3.8, 4) is 11.5 Å². The average molecular weight is 390 g/mol. The normalized spacial score (nSPS) is 10.1. The molecule has 0 heterocycles. The van der Waals surface area contributed by atoms with Crippen LogP contribution in [0.5, 0.6) is 11.5 Å². The summed E-state index contributed by atoms with van der Waals surface area (Å²) in [7, 11) is 1.56. The molecule has 2 N–H and O–H groups in total. The molecule has 3 rings (SSSR count). The predicted molar refractivity (Wildman–Crippen MR) is 113 cm³/mol. The Hall–Kier alpha value is -3.80. The molecular formula is C23H22N2O4. The lowest BCUT2D eigenvalue weighted by atomic mass is 10.1. The largest absolute Gasteiger partial charge is 0.497 e. The van der Waals surface area contributed by atoms with Gasteiger partial charge in [-0.25, -0.2) is 0 Å². The van der Waals surface area contributed by atoms with Gasteiger partial charge in [0, 0.05) is 28.6 Å². The van der Waals surface area contributed by atoms with Gasteiger partial charge in [0.15, 0.2) is 0 Å². The lowest BCUT2D eigenvalue weighted by Gasteiger charge is -2.09. The number of carbonyl (C=O) groups is 2. The number of rotatable bonds is 7. The van der Waals surface area contributed by atoms with Crippen molar-refractivity contribution < 1.29 is 19.1 Å². The summed E-state index contributed by atoms with van der Waals surface area (Å²) in [6.07, 6.45) is 0. The van der Waals surface area contributed by atoms with Gasteiger partial charge >= 0.3 is 0 Å². The fourth-order valence-corrected chi connectivity index (χ4v) is 2.71. The Kier molecular flexibility index (Phi) is 6.47. The van der Waals surface area contributed by atoms with Crippen LogP contribution in [0.15, 0.2) is 72.8 Å². The van der Waals surface area contributed by atoms with Gasteiger partial charge in [-0.15, -0.1) is 0 Å². The Morgan fingerprint density at radius 3 is 2.00 bits per heavy atom. The molecule has 3 aromatic rings. The number of anilines is 2. The third kappa shape index (κ3) is 5.35. The Morgan fingerprint density at radius 2 is 1.38 bits per heavy atom. The van der Waals surface area contributed by atoms with E-state index < -0.39 is 0 Å². The zero-order chi connectivity index (χ0) is 20.6. The molecule has 3 aromatic carbocycles. The molecule has 0 aliphatic rings. The van der Waals surface area contributed by atoms with E-state index in [4.69, 9.17) is 9.47 Å². The van der Waals surface area contributed by atoms with E-state index in [9.17, 15) is 9.59 Å². The summed E-state index contributed by atoms with van der Waals surface area (Å²) in [4.78, 5) is 25.1. The van der Waals surface area contributed by atoms with Crippen molar-refractivity contribution in [1.82, 2.24) is 0 Å². The fraction of sp³-hybridized carbons (Fsp3) is 0.130. The number of amides is 2. The maximum absolute atomic E-state index is 12.6. The molecule has 0 saturated heterocycles. The predicted octanol–water partition coefficient (Wildman–Crippen LogP) is 4.60. The summed E-state index contributed by atoms with van der Waals surface area (Å²) in [5, 5.41) is 5.62. The van der Waals surface area contributed by atoms with Crippen LogP contribution in [0.25, 0.3) is 0 Å². The van der Waals surface area contributed by atoms with Crippen molar-refractivity contribution in [2.75, 3.05) is 24.4 Å². The van der Waals surface area contributed by atoms with Crippen LogP contribution < -0.4 is 20.1 Å². The minimum atomic E-state index is -0.311. The van der Waals surface area contributed by atoms with E-state index in [0.717, 1.165) is 5.75 Å². The molecular weight excluding hydrogens is 368 g/mol. The number of hydrogen-bond acceptors (Lipinski definition) is 4. The van der Waals surface area contributed by atoms with Crippen molar-refractivity contribution in [3.63, 3.8) is 0 Å². The number of methoxy groups -OCH3 is 1. The Morgan fingerprint density at radius 1 is 0.759 bits per heavy atom. The highest BCUT2D eigenvalue weighted by molar-refractivity contribution is 6.08. The zero-order valence-corrected chi connectivity index (χ0v) is 16.3. The summed E-state index contributed by atoms with van der Waals surface area (Å²) in [5.41, 5.74) is 2.02. The zero-order valence-electron chi connectivity index (χ0n) is 16.3. The molecule has 0 unspecified atom stereocenters. The first-order valence-electron chi connectivity index (χ1n) is 9.18. The molecule has 0 aliphatic carbocycles. The van der Waals surface area contributed by atoms with Crippen LogP contribution in [-0.4, -0.2) is 25.5 Å². The van der Waals surface area contributed by atoms with Gasteiger partial charge in [0.1, 0.15) is 11.5 Å². The lowest BCUT2D eigenvalue weighted by Crippen LogP contribution is -2.15. The molecule has 0 radical (unpaired) electrons. The molecule has 2 amide bonds. The van der Waals surface area contributed by atoms with Crippen LogP contribution in [0.2, 0.25) is 0 Å². The van der Waals surface area contributed by atoms with Crippen molar-refractivity contribution in [3.05, 3.63) is 83.9 Å². The summed E-state index contributed by atoms with van der Waals surface area (Å²) in [6.45, 7) is 2.49. The van der Waals surface area contributed by atoms with E-state index in [1.54, 1.807) is 79.9 Å². The van der Waals surface area contributed by atoms with Crippen molar-refractivity contribution in [2.45, 2.75) is 6.92 Å². The second-order valence-corrected chi connectivity index (χ2v) is 6.18. The number of benzene rings is 3. The van der Waals surface area contributed by atoms with Gasteiger partial charge < -0.3 is 20.1 Å². The molecule has 0 spiro atoms. The third-order valence-electron chi connectivity index (χ3n) is 4.14. The van der Waals surface area contributed by atoms with Crippen molar-refractivity contribution in [2.24, 2.45) is 0 Å². The molecule has 29 heavy (non-hydrogen) atoms. The Balaban J connectivity index is 1.69. The highest BCUT2D eigenvalue weighted by Crippen LogP contribution is 2.19. The second kappa shape index (κ2) is 9.41. The van der Waals surface area contributed by atoms with E-state index in [2.05, 4.69) is 10.6 Å². The van der Waals surface area contributed by atoms with Gasteiger partial charge in [0.2, 0.25) is 0 Å². The van der Waals surface area contributed by atoms with Gasteiger partial charge in [0.25, 0.3) is 11.8 Å². The highest BCUT2D eigenvalue weighted by Gasteiger charge is 2.11. The van der Waals surface area contributed by atoms with Crippen LogP contribution in [0, 0.1) is 0 Å². The first-order valence-corrected chi connectivity index (χ1v) is 9.18. The summed E-state index contributed by atoms with van der Waals surface area (Å²) < 4.78 is 10.5. The molecule has 6 nitrogen and oxygen atoms in total. The summed E-state index contributed by atoms with van der Waals surface area (Å²) in [5.74, 6) is 0.771. The number of ether oxygens (including phenoxy) is 2. The van der Waals surface area contributed by atoms with Crippen molar-refractivity contribution in [1.29, 1.82) is 0 Å². The van der Waals surface area contributed by atoms with Crippen molar-refractivity contribution >= 4 is 23.2 Å². The van der Waals surface area contributed by atoms with E-state index in [1.807, 2.05) is 6.92 Å². The first-order chi connectivity index (χ1) is 14.1. The molecule has 0 bridgehead atoms. The Labute approximate surface area is 169 Å². The maximum Gasteiger partial charge on any atom is 0.255 e. The molecule has 0 saturated carbocycles. The van der Waals surface area contributed by atoms with Gasteiger partial charge in [-0.2, -0.15) is 0 Å². The van der Waals surface area contributed by atoms with Crippen LogP contribution in [-0.2, 0) is 0 Å². The number of carbonyl (C=O) groups excluding carboxylic acids is 2. The average Bonchev–Trinajstić information content (AvgIpc) is 2.75. The van der Waals surface area contributed by atoms with Gasteiger partial charge in [-0.1, -0.05) is 12.1 Å². The quantitative estimate of drug-likeness (QED) is 0.618. The minimum Gasteiger partial charge on any atom is -0.497 e. The molecule has 148 valence electrons. The maximum atomic E-state index is 12.6. The van der Waals surface area contributed by atoms with E-state index in [-0.39, 0.29) is 11.8 Å². The Bertz CT molecular complexity index is 1000. The minimum absolute atomic E-state index is 0.301. The van der Waals surface area contributed by atoms with Gasteiger partial charge in [-0.05, 0) is 61.5 Å². The van der Waals surface area contributed by atoms with Gasteiger partial charge in [0.05, 0.1) is 13.7 Å². The highest BCUT2D eigenvalue weighted by atomic mass is 16.5. The molecule has 0 aliphatic heterocycles. The second-order valence-electron chi connectivity index (χ2n) is 6.18. The summed E-state index contributed by atoms with van der Waals surface area (Å²) in [6, 6.07) is 20.7. The monoisotopic (exact) mass is 390 g/mol. The summed E-state index contributed by atoms with van der Waals surface area (Å²) >= 11 is 0. The fourth-order valence-electron chi connectivity index (χ4n) is 2.71.